The summed E-state index contributed by atoms with van der Waals surface area (Å²) in [7, 11) is 0. The Hall–Kier alpha value is -1.62. The quantitative estimate of drug-likeness (QED) is 0.918. The number of thiophene rings is 1. The highest BCUT2D eigenvalue weighted by Gasteiger charge is 2.21. The summed E-state index contributed by atoms with van der Waals surface area (Å²) in [6.07, 6.45) is 0.315. The predicted molar refractivity (Wildman–Crippen MR) is 79.7 cm³/mol. The van der Waals surface area contributed by atoms with Crippen LogP contribution in [0.4, 0.5) is 0 Å². The van der Waals surface area contributed by atoms with Crippen LogP contribution in [-0.2, 0) is 11.2 Å². The Morgan fingerprint density at radius 1 is 1.45 bits per heavy atom. The van der Waals surface area contributed by atoms with Gasteiger partial charge in [0.05, 0.1) is 18.2 Å². The molecule has 0 bridgehead atoms. The fourth-order valence-electron chi connectivity index (χ4n) is 2.17. The zero-order valence-corrected chi connectivity index (χ0v) is 13.1. The van der Waals surface area contributed by atoms with Crippen LogP contribution < -0.4 is 5.32 Å². The van der Waals surface area contributed by atoms with Gasteiger partial charge in [-0.15, -0.1) is 11.3 Å². The second kappa shape index (κ2) is 6.22. The monoisotopic (exact) mass is 292 g/mol. The molecule has 0 aliphatic carbocycles. The fourth-order valence-corrected chi connectivity index (χ4v) is 3.12. The molecule has 2 rings (SSSR count). The average Bonchev–Trinajstić information content (AvgIpc) is 3.01. The molecule has 0 saturated carbocycles. The van der Waals surface area contributed by atoms with Gasteiger partial charge in [0.1, 0.15) is 5.76 Å². The number of hydrogen-bond acceptors (Lipinski definition) is 4. The number of nitrogens with one attached hydrogen (secondary N) is 1. The standard InChI is InChI=1S/C15H20N2O2S/c1-9(2)15(13-6-5-7-20-13)16-14(18)8-12-10(3)17-19-11(12)4/h5-7,9,15H,8H2,1-4H3,(H,16,18). The Bertz CT molecular complexity index is 553. The highest BCUT2D eigenvalue weighted by Crippen LogP contribution is 2.26. The topological polar surface area (TPSA) is 55.1 Å². The van der Waals surface area contributed by atoms with Crippen molar-refractivity contribution in [3.05, 3.63) is 39.4 Å². The summed E-state index contributed by atoms with van der Waals surface area (Å²) in [5.74, 6) is 1.07. The number of nitrogens with zero attached hydrogens (tertiary/aromatic N) is 1. The van der Waals surface area contributed by atoms with Crippen molar-refractivity contribution in [2.45, 2.75) is 40.2 Å². The van der Waals surface area contributed by atoms with Gasteiger partial charge in [0.2, 0.25) is 5.91 Å². The maximum Gasteiger partial charge on any atom is 0.225 e. The van der Waals surface area contributed by atoms with E-state index in [-0.39, 0.29) is 11.9 Å². The first kappa shape index (κ1) is 14.8. The molecule has 108 valence electrons. The molecule has 0 fully saturated rings. The highest BCUT2D eigenvalue weighted by atomic mass is 32.1. The van der Waals surface area contributed by atoms with Crippen molar-refractivity contribution >= 4 is 17.2 Å². The normalized spacial score (nSPS) is 12.7. The molecule has 2 aromatic heterocycles. The van der Waals surface area contributed by atoms with E-state index in [1.54, 1.807) is 11.3 Å². The minimum Gasteiger partial charge on any atom is -0.361 e. The number of amides is 1. The molecule has 0 aliphatic rings. The molecule has 20 heavy (non-hydrogen) atoms. The van der Waals surface area contributed by atoms with Crippen molar-refractivity contribution in [1.29, 1.82) is 0 Å². The largest absolute Gasteiger partial charge is 0.361 e. The Balaban J connectivity index is 2.06. The van der Waals surface area contributed by atoms with E-state index in [1.807, 2.05) is 25.3 Å². The maximum atomic E-state index is 12.2. The third-order valence-electron chi connectivity index (χ3n) is 3.35. The zero-order chi connectivity index (χ0) is 14.7. The van der Waals surface area contributed by atoms with Crippen molar-refractivity contribution in [2.75, 3.05) is 0 Å². The molecule has 0 radical (unpaired) electrons. The number of hydrogen-bond donors (Lipinski definition) is 1. The Labute approximate surface area is 123 Å². The minimum absolute atomic E-state index is 0.00602. The molecule has 4 nitrogen and oxygen atoms in total. The van der Waals surface area contributed by atoms with Crippen molar-refractivity contribution in [3.63, 3.8) is 0 Å². The van der Waals surface area contributed by atoms with Gasteiger partial charge in [-0.2, -0.15) is 0 Å². The van der Waals surface area contributed by atoms with Crippen LogP contribution in [0.25, 0.3) is 0 Å². The second-order valence-electron chi connectivity index (χ2n) is 5.28. The lowest BCUT2D eigenvalue weighted by atomic mass is 10.0. The van der Waals surface area contributed by atoms with Gasteiger partial charge in [-0.05, 0) is 31.2 Å². The first-order valence-corrected chi connectivity index (χ1v) is 7.61. The van der Waals surface area contributed by atoms with Crippen LogP contribution in [-0.4, -0.2) is 11.1 Å². The molecule has 1 atom stereocenters. The van der Waals surface area contributed by atoms with Crippen molar-refractivity contribution in [2.24, 2.45) is 5.92 Å². The van der Waals surface area contributed by atoms with E-state index in [2.05, 4.69) is 30.4 Å². The van der Waals surface area contributed by atoms with Crippen LogP contribution in [0.15, 0.2) is 22.0 Å². The Kier molecular flexibility index (Phi) is 4.60. The molecule has 2 aromatic rings. The molecular formula is C15H20N2O2S. The third kappa shape index (κ3) is 3.28. The van der Waals surface area contributed by atoms with Gasteiger partial charge in [-0.1, -0.05) is 25.1 Å². The molecular weight excluding hydrogens is 272 g/mol. The van der Waals surface area contributed by atoms with Crippen molar-refractivity contribution in [3.8, 4) is 0 Å². The van der Waals surface area contributed by atoms with Crippen LogP contribution >= 0.6 is 11.3 Å². The van der Waals surface area contributed by atoms with Crippen LogP contribution in [0.1, 0.15) is 41.8 Å². The zero-order valence-electron chi connectivity index (χ0n) is 12.3. The summed E-state index contributed by atoms with van der Waals surface area (Å²) in [6.45, 7) is 7.92. The molecule has 1 amide bonds. The van der Waals surface area contributed by atoms with E-state index in [0.29, 0.717) is 12.3 Å². The second-order valence-corrected chi connectivity index (χ2v) is 6.26. The van der Waals surface area contributed by atoms with Crippen LogP contribution in [0.5, 0.6) is 0 Å². The minimum atomic E-state index is 0.00602. The van der Waals surface area contributed by atoms with E-state index in [9.17, 15) is 4.79 Å². The predicted octanol–water partition coefficient (Wildman–Crippen LogP) is 3.41. The molecule has 1 unspecified atom stereocenters. The van der Waals surface area contributed by atoms with Crippen molar-refractivity contribution < 1.29 is 9.32 Å². The molecule has 0 aliphatic heterocycles. The van der Waals surface area contributed by atoms with Gasteiger partial charge in [-0.3, -0.25) is 4.79 Å². The van der Waals surface area contributed by atoms with E-state index in [4.69, 9.17) is 4.52 Å². The lowest BCUT2D eigenvalue weighted by molar-refractivity contribution is -0.121. The van der Waals surface area contributed by atoms with E-state index < -0.39 is 0 Å². The first-order valence-electron chi connectivity index (χ1n) is 6.73. The number of carbonyl (C=O) groups is 1. The SMILES string of the molecule is Cc1noc(C)c1CC(=O)NC(c1cccs1)C(C)C. The molecule has 2 heterocycles. The summed E-state index contributed by atoms with van der Waals surface area (Å²) < 4.78 is 5.09. The molecule has 5 heteroatoms. The number of rotatable bonds is 5. The maximum absolute atomic E-state index is 12.2. The van der Waals surface area contributed by atoms with Crippen LogP contribution in [0.3, 0.4) is 0 Å². The average molecular weight is 292 g/mol. The number of carbonyl (C=O) groups excluding carboxylic acids is 1. The number of aromatic nitrogens is 1. The Morgan fingerprint density at radius 3 is 2.70 bits per heavy atom. The van der Waals surface area contributed by atoms with E-state index in [0.717, 1.165) is 17.0 Å². The summed E-state index contributed by atoms with van der Waals surface area (Å²) in [6, 6.07) is 4.13. The summed E-state index contributed by atoms with van der Waals surface area (Å²) >= 11 is 1.67. The van der Waals surface area contributed by atoms with Gasteiger partial charge < -0.3 is 9.84 Å². The van der Waals surface area contributed by atoms with Gasteiger partial charge in [-0.25, -0.2) is 0 Å². The van der Waals surface area contributed by atoms with Crippen LogP contribution in [0, 0.1) is 19.8 Å². The fraction of sp³-hybridized carbons (Fsp3) is 0.467. The van der Waals surface area contributed by atoms with Crippen LogP contribution in [0.2, 0.25) is 0 Å². The van der Waals surface area contributed by atoms with E-state index in [1.165, 1.54) is 4.88 Å². The first-order chi connectivity index (χ1) is 9.49. The number of aryl methyl sites for hydroxylation is 2. The molecule has 0 saturated heterocycles. The molecule has 0 spiro atoms. The van der Waals surface area contributed by atoms with Gasteiger partial charge in [0.15, 0.2) is 0 Å². The molecule has 0 aromatic carbocycles. The summed E-state index contributed by atoms with van der Waals surface area (Å²) in [5, 5.41) is 9.03. The lowest BCUT2D eigenvalue weighted by Crippen LogP contribution is -2.32. The van der Waals surface area contributed by atoms with Gasteiger partial charge in [0.25, 0.3) is 0 Å². The highest BCUT2D eigenvalue weighted by molar-refractivity contribution is 7.10. The summed E-state index contributed by atoms with van der Waals surface area (Å²) in [4.78, 5) is 13.4. The Morgan fingerprint density at radius 2 is 2.20 bits per heavy atom. The smallest absolute Gasteiger partial charge is 0.225 e. The van der Waals surface area contributed by atoms with Gasteiger partial charge in [0, 0.05) is 10.4 Å². The third-order valence-corrected chi connectivity index (χ3v) is 4.31. The lowest BCUT2D eigenvalue weighted by Gasteiger charge is -2.21. The van der Waals surface area contributed by atoms with Gasteiger partial charge >= 0.3 is 0 Å². The van der Waals surface area contributed by atoms with Crippen molar-refractivity contribution in [1.82, 2.24) is 10.5 Å². The molecule has 1 N–H and O–H groups in total. The summed E-state index contributed by atoms with van der Waals surface area (Å²) in [5.41, 5.74) is 1.67. The van der Waals surface area contributed by atoms with E-state index >= 15 is 0 Å².